The van der Waals surface area contributed by atoms with Gasteiger partial charge in [0.05, 0.1) is 0 Å². The number of hydrogen-bond acceptors (Lipinski definition) is 4. The fourth-order valence-electron chi connectivity index (χ4n) is 0.954. The number of hydrogen-bond donors (Lipinski definition) is 0. The maximum absolute atomic E-state index is 5.49. The Morgan fingerprint density at radius 1 is 1.29 bits per heavy atom. The summed E-state index contributed by atoms with van der Waals surface area (Å²) in [6.07, 6.45) is 0. The number of aromatic nitrogens is 2. The van der Waals surface area contributed by atoms with Crippen LogP contribution in [0.1, 0.15) is 5.01 Å². The summed E-state index contributed by atoms with van der Waals surface area (Å²) in [5.74, 6) is 0.846. The van der Waals surface area contributed by atoms with Crippen LogP contribution in [0.4, 0.5) is 0 Å². The van der Waals surface area contributed by atoms with Gasteiger partial charge in [0, 0.05) is 0 Å². The molecule has 0 N–H and O–H groups in total. The molecule has 3 nitrogen and oxygen atoms in total. The molecule has 0 saturated carbocycles. The summed E-state index contributed by atoms with van der Waals surface area (Å²) < 4.78 is 10.1. The first kappa shape index (κ1) is 9.61. The van der Waals surface area contributed by atoms with Crippen molar-refractivity contribution >= 4 is 27.5 Å². The van der Waals surface area contributed by atoms with Crippen LogP contribution in [0.2, 0.25) is 0 Å². The van der Waals surface area contributed by atoms with Gasteiger partial charge in [-0.05, 0) is 39.6 Å². The third kappa shape index (κ3) is 2.52. The van der Waals surface area contributed by atoms with Crippen molar-refractivity contribution in [2.24, 2.45) is 0 Å². The Kier molecular flexibility index (Phi) is 3.10. The Morgan fingerprint density at radius 2 is 2.07 bits per heavy atom. The van der Waals surface area contributed by atoms with Gasteiger partial charge in [-0.1, -0.05) is 18.2 Å². The third-order valence-corrected chi connectivity index (χ3v) is 2.82. The zero-order valence-electron chi connectivity index (χ0n) is 7.18. The van der Waals surface area contributed by atoms with E-state index >= 15 is 0 Å². The second kappa shape index (κ2) is 4.52. The predicted octanol–water partition coefficient (Wildman–Crippen LogP) is 2.88. The van der Waals surface area contributed by atoms with Crippen LogP contribution in [0.3, 0.4) is 0 Å². The molecule has 14 heavy (non-hydrogen) atoms. The summed E-state index contributed by atoms with van der Waals surface area (Å²) >= 11 is 4.53. The minimum atomic E-state index is 0.466. The van der Waals surface area contributed by atoms with Crippen LogP contribution in [0, 0.1) is 0 Å². The lowest BCUT2D eigenvalue weighted by Gasteiger charge is -2.01. The van der Waals surface area contributed by atoms with E-state index in [4.69, 9.17) is 4.74 Å². The highest BCUT2D eigenvalue weighted by atomic mass is 79.9. The van der Waals surface area contributed by atoms with Gasteiger partial charge in [0.1, 0.15) is 12.4 Å². The summed E-state index contributed by atoms with van der Waals surface area (Å²) in [6.45, 7) is 0.466. The number of benzene rings is 1. The number of para-hydroxylation sites is 1. The van der Waals surface area contributed by atoms with Crippen molar-refractivity contribution in [2.75, 3.05) is 0 Å². The van der Waals surface area contributed by atoms with Crippen molar-refractivity contribution in [1.29, 1.82) is 0 Å². The number of rotatable bonds is 3. The monoisotopic (exact) mass is 270 g/mol. The van der Waals surface area contributed by atoms with E-state index in [0.717, 1.165) is 10.8 Å². The second-order valence-corrected chi connectivity index (χ2v) is 4.10. The largest absolute Gasteiger partial charge is 0.486 e. The molecule has 0 fully saturated rings. The summed E-state index contributed by atoms with van der Waals surface area (Å²) in [5.41, 5.74) is 0. The van der Waals surface area contributed by atoms with Crippen LogP contribution in [0.15, 0.2) is 35.1 Å². The molecule has 0 aliphatic rings. The molecule has 1 aromatic carbocycles. The van der Waals surface area contributed by atoms with Gasteiger partial charge in [0.2, 0.25) is 4.73 Å². The number of ether oxygens (including phenoxy) is 1. The van der Waals surface area contributed by atoms with Crippen LogP contribution in [-0.2, 0) is 6.61 Å². The van der Waals surface area contributed by atoms with Crippen molar-refractivity contribution in [3.05, 3.63) is 40.1 Å². The van der Waals surface area contributed by atoms with Gasteiger partial charge in [-0.3, -0.25) is 0 Å². The number of halogens is 1. The molecule has 5 heteroatoms. The predicted molar refractivity (Wildman–Crippen MR) is 58.4 cm³/mol. The molecule has 0 radical (unpaired) electrons. The SMILES string of the molecule is Brc1nsc(COc2ccccc2)n1. The molecule has 72 valence electrons. The van der Waals surface area contributed by atoms with Crippen molar-refractivity contribution in [3.8, 4) is 5.75 Å². The first-order chi connectivity index (χ1) is 6.84. The topological polar surface area (TPSA) is 35.0 Å². The minimum absolute atomic E-state index is 0.466. The Bertz CT molecular complexity index is 404. The fraction of sp³-hybridized carbons (Fsp3) is 0.111. The first-order valence-corrected chi connectivity index (χ1v) is 5.57. The Morgan fingerprint density at radius 3 is 2.71 bits per heavy atom. The molecule has 0 amide bonds. The first-order valence-electron chi connectivity index (χ1n) is 4.00. The highest BCUT2D eigenvalue weighted by molar-refractivity contribution is 9.10. The van der Waals surface area contributed by atoms with E-state index in [1.807, 2.05) is 30.3 Å². The maximum Gasteiger partial charge on any atom is 0.209 e. The van der Waals surface area contributed by atoms with Gasteiger partial charge in [0.15, 0.2) is 5.01 Å². The molecule has 1 heterocycles. The van der Waals surface area contributed by atoms with E-state index in [0.29, 0.717) is 11.3 Å². The van der Waals surface area contributed by atoms with Crippen molar-refractivity contribution in [3.63, 3.8) is 0 Å². The van der Waals surface area contributed by atoms with Gasteiger partial charge in [-0.25, -0.2) is 4.98 Å². The molecule has 2 rings (SSSR count). The quantitative estimate of drug-likeness (QED) is 0.861. The second-order valence-electron chi connectivity index (χ2n) is 2.56. The molecule has 0 atom stereocenters. The van der Waals surface area contributed by atoms with Crippen LogP contribution in [0.25, 0.3) is 0 Å². The van der Waals surface area contributed by atoms with Gasteiger partial charge < -0.3 is 4.74 Å². The zero-order chi connectivity index (χ0) is 9.80. The molecule has 1 aromatic heterocycles. The average molecular weight is 271 g/mol. The van der Waals surface area contributed by atoms with Gasteiger partial charge >= 0.3 is 0 Å². The molecular formula is C9H7BrN2OS. The summed E-state index contributed by atoms with van der Waals surface area (Å²) in [6, 6.07) is 9.65. The summed E-state index contributed by atoms with van der Waals surface area (Å²) in [5, 5.41) is 0.862. The highest BCUT2D eigenvalue weighted by Crippen LogP contribution is 2.14. The zero-order valence-corrected chi connectivity index (χ0v) is 9.59. The molecule has 0 aliphatic heterocycles. The lowest BCUT2D eigenvalue weighted by molar-refractivity contribution is 0.305. The van der Waals surface area contributed by atoms with Crippen LogP contribution in [-0.4, -0.2) is 9.36 Å². The maximum atomic E-state index is 5.49. The standard InChI is InChI=1S/C9H7BrN2OS/c10-9-11-8(14-12-9)6-13-7-4-2-1-3-5-7/h1-5H,6H2. The molecular weight excluding hydrogens is 264 g/mol. The fourth-order valence-corrected chi connectivity index (χ4v) is 1.96. The van der Waals surface area contributed by atoms with E-state index < -0.39 is 0 Å². The smallest absolute Gasteiger partial charge is 0.209 e. The van der Waals surface area contributed by atoms with Crippen molar-refractivity contribution in [1.82, 2.24) is 9.36 Å². The Balaban J connectivity index is 1.95. The third-order valence-electron chi connectivity index (χ3n) is 1.55. The number of nitrogens with zero attached hydrogens (tertiary/aromatic N) is 2. The van der Waals surface area contributed by atoms with Crippen LogP contribution >= 0.6 is 27.5 Å². The lowest BCUT2D eigenvalue weighted by Crippen LogP contribution is -1.93. The van der Waals surface area contributed by atoms with Gasteiger partial charge in [0.25, 0.3) is 0 Å². The van der Waals surface area contributed by atoms with E-state index in [9.17, 15) is 0 Å². The van der Waals surface area contributed by atoms with E-state index in [2.05, 4.69) is 25.3 Å². The minimum Gasteiger partial charge on any atom is -0.486 e. The normalized spacial score (nSPS) is 10.1. The molecule has 0 saturated heterocycles. The summed E-state index contributed by atoms with van der Waals surface area (Å²) in [4.78, 5) is 4.12. The summed E-state index contributed by atoms with van der Waals surface area (Å²) in [7, 11) is 0. The van der Waals surface area contributed by atoms with E-state index in [1.54, 1.807) is 0 Å². The van der Waals surface area contributed by atoms with Gasteiger partial charge in [-0.15, -0.1) is 0 Å². The lowest BCUT2D eigenvalue weighted by atomic mass is 10.3. The highest BCUT2D eigenvalue weighted by Gasteiger charge is 2.01. The Hall–Kier alpha value is -0.940. The van der Waals surface area contributed by atoms with Crippen molar-refractivity contribution in [2.45, 2.75) is 6.61 Å². The Labute approximate surface area is 94.1 Å². The average Bonchev–Trinajstić information content (AvgIpc) is 2.63. The van der Waals surface area contributed by atoms with Gasteiger partial charge in [-0.2, -0.15) is 4.37 Å². The van der Waals surface area contributed by atoms with Crippen molar-refractivity contribution < 1.29 is 4.74 Å². The molecule has 0 spiro atoms. The van der Waals surface area contributed by atoms with E-state index in [1.165, 1.54) is 11.5 Å². The molecule has 2 aromatic rings. The van der Waals surface area contributed by atoms with Crippen LogP contribution < -0.4 is 4.74 Å². The molecule has 0 bridgehead atoms. The molecule has 0 unspecified atom stereocenters. The van der Waals surface area contributed by atoms with E-state index in [-0.39, 0.29) is 0 Å². The van der Waals surface area contributed by atoms with Crippen LogP contribution in [0.5, 0.6) is 5.75 Å². The molecule has 0 aliphatic carbocycles.